The first-order valence-corrected chi connectivity index (χ1v) is 4.01. The van der Waals surface area contributed by atoms with E-state index in [0.717, 1.165) is 19.4 Å². The molecule has 1 unspecified atom stereocenters. The summed E-state index contributed by atoms with van der Waals surface area (Å²) in [5.41, 5.74) is 4.78. The van der Waals surface area contributed by atoms with Crippen molar-refractivity contribution in [3.8, 4) is 0 Å². The molecular weight excluding hydrogens is 158 g/mol. The highest BCUT2D eigenvalue weighted by molar-refractivity contribution is 5.93. The Hall–Kier alpha value is -1.10. The van der Waals surface area contributed by atoms with Crippen molar-refractivity contribution >= 4 is 11.9 Å². The standard InChI is InChI=1S/C7H13N3O2/c8-7(12)10-6(11)4-5-2-1-3-9-5/h5,9H,1-4H2,(H3,8,10,11,12). The Labute approximate surface area is 70.7 Å². The highest BCUT2D eigenvalue weighted by Crippen LogP contribution is 2.07. The number of hydrogen-bond donors (Lipinski definition) is 3. The first-order valence-electron chi connectivity index (χ1n) is 4.01. The molecule has 1 aliphatic rings. The minimum absolute atomic E-state index is 0.212. The van der Waals surface area contributed by atoms with E-state index in [-0.39, 0.29) is 11.9 Å². The first kappa shape index (κ1) is 8.99. The van der Waals surface area contributed by atoms with Gasteiger partial charge in [-0.05, 0) is 19.4 Å². The maximum atomic E-state index is 11.0. The highest BCUT2D eigenvalue weighted by Gasteiger charge is 2.17. The molecule has 1 rings (SSSR count). The van der Waals surface area contributed by atoms with E-state index in [0.29, 0.717) is 6.42 Å². The average molecular weight is 171 g/mol. The van der Waals surface area contributed by atoms with Crippen LogP contribution in [0.5, 0.6) is 0 Å². The van der Waals surface area contributed by atoms with Crippen LogP contribution in [0.1, 0.15) is 19.3 Å². The second-order valence-corrected chi connectivity index (χ2v) is 2.91. The van der Waals surface area contributed by atoms with Crippen molar-refractivity contribution in [1.29, 1.82) is 0 Å². The Kier molecular flexibility index (Phi) is 3.04. The van der Waals surface area contributed by atoms with Gasteiger partial charge in [0.05, 0.1) is 0 Å². The average Bonchev–Trinajstić information content (AvgIpc) is 2.37. The maximum absolute atomic E-state index is 11.0. The van der Waals surface area contributed by atoms with E-state index in [1.165, 1.54) is 0 Å². The van der Waals surface area contributed by atoms with Gasteiger partial charge in [0.1, 0.15) is 0 Å². The van der Waals surface area contributed by atoms with Gasteiger partial charge < -0.3 is 11.1 Å². The van der Waals surface area contributed by atoms with Crippen LogP contribution >= 0.6 is 0 Å². The number of primary amides is 1. The van der Waals surface area contributed by atoms with Crippen LogP contribution in [-0.4, -0.2) is 24.5 Å². The van der Waals surface area contributed by atoms with Crippen LogP contribution in [0.15, 0.2) is 0 Å². The lowest BCUT2D eigenvalue weighted by atomic mass is 10.1. The summed E-state index contributed by atoms with van der Waals surface area (Å²) in [5, 5.41) is 5.18. The lowest BCUT2D eigenvalue weighted by Gasteiger charge is -2.07. The molecule has 1 heterocycles. The minimum atomic E-state index is -0.780. The summed E-state index contributed by atoms with van der Waals surface area (Å²) in [6, 6.07) is -0.567. The molecule has 68 valence electrons. The van der Waals surface area contributed by atoms with Crippen molar-refractivity contribution in [3.05, 3.63) is 0 Å². The summed E-state index contributed by atoms with van der Waals surface area (Å²) in [7, 11) is 0. The third kappa shape index (κ3) is 2.87. The summed E-state index contributed by atoms with van der Waals surface area (Å²) in [6.45, 7) is 0.953. The summed E-state index contributed by atoms with van der Waals surface area (Å²) in [5.74, 6) is -0.304. The second kappa shape index (κ2) is 4.06. The Morgan fingerprint density at radius 3 is 2.83 bits per heavy atom. The lowest BCUT2D eigenvalue weighted by Crippen LogP contribution is -2.38. The van der Waals surface area contributed by atoms with Crippen molar-refractivity contribution in [2.24, 2.45) is 5.73 Å². The molecule has 0 aliphatic carbocycles. The van der Waals surface area contributed by atoms with Crippen molar-refractivity contribution < 1.29 is 9.59 Å². The molecule has 12 heavy (non-hydrogen) atoms. The van der Waals surface area contributed by atoms with Crippen LogP contribution in [0, 0.1) is 0 Å². The molecule has 0 radical (unpaired) electrons. The molecule has 1 atom stereocenters. The van der Waals surface area contributed by atoms with Gasteiger partial charge >= 0.3 is 6.03 Å². The predicted octanol–water partition coefficient (Wildman–Crippen LogP) is -0.677. The quantitative estimate of drug-likeness (QED) is 0.515. The molecule has 5 heteroatoms. The molecule has 0 spiro atoms. The molecule has 1 fully saturated rings. The van der Waals surface area contributed by atoms with E-state index in [1.54, 1.807) is 0 Å². The molecule has 0 aromatic carbocycles. The number of urea groups is 1. The number of carbonyl (C=O) groups excluding carboxylic acids is 2. The fourth-order valence-corrected chi connectivity index (χ4v) is 1.34. The van der Waals surface area contributed by atoms with Gasteiger partial charge in [-0.25, -0.2) is 4.79 Å². The zero-order valence-electron chi connectivity index (χ0n) is 6.80. The van der Waals surface area contributed by atoms with Gasteiger partial charge in [0.2, 0.25) is 5.91 Å². The fourth-order valence-electron chi connectivity index (χ4n) is 1.34. The lowest BCUT2D eigenvalue weighted by molar-refractivity contribution is -0.120. The molecule has 1 saturated heterocycles. The number of nitrogens with one attached hydrogen (secondary N) is 2. The molecule has 0 aromatic rings. The van der Waals surface area contributed by atoms with E-state index in [9.17, 15) is 9.59 Å². The van der Waals surface area contributed by atoms with Gasteiger partial charge in [-0.3, -0.25) is 10.1 Å². The number of amides is 3. The highest BCUT2D eigenvalue weighted by atomic mass is 16.2. The fraction of sp³-hybridized carbons (Fsp3) is 0.714. The largest absolute Gasteiger partial charge is 0.351 e. The third-order valence-electron chi connectivity index (χ3n) is 1.86. The van der Waals surface area contributed by atoms with E-state index in [4.69, 9.17) is 5.73 Å². The first-order chi connectivity index (χ1) is 5.68. The van der Waals surface area contributed by atoms with Crippen LogP contribution in [-0.2, 0) is 4.79 Å². The van der Waals surface area contributed by atoms with E-state index < -0.39 is 6.03 Å². The molecule has 1 aliphatic heterocycles. The SMILES string of the molecule is NC(=O)NC(=O)CC1CCCN1. The van der Waals surface area contributed by atoms with Gasteiger partial charge in [-0.15, -0.1) is 0 Å². The predicted molar refractivity (Wildman–Crippen MR) is 43.4 cm³/mol. The number of rotatable bonds is 2. The molecule has 0 saturated carbocycles. The molecule has 5 nitrogen and oxygen atoms in total. The number of hydrogen-bond acceptors (Lipinski definition) is 3. The summed E-state index contributed by atoms with van der Waals surface area (Å²) in [4.78, 5) is 21.2. The Morgan fingerprint density at radius 1 is 1.58 bits per heavy atom. The van der Waals surface area contributed by atoms with Crippen molar-refractivity contribution in [3.63, 3.8) is 0 Å². The zero-order valence-corrected chi connectivity index (χ0v) is 6.80. The van der Waals surface area contributed by atoms with Crippen molar-refractivity contribution in [2.45, 2.75) is 25.3 Å². The summed E-state index contributed by atoms with van der Waals surface area (Å²) in [6.07, 6.45) is 2.42. The maximum Gasteiger partial charge on any atom is 0.318 e. The topological polar surface area (TPSA) is 84.2 Å². The Morgan fingerprint density at radius 2 is 2.33 bits per heavy atom. The third-order valence-corrected chi connectivity index (χ3v) is 1.86. The zero-order chi connectivity index (χ0) is 8.97. The molecule has 3 amide bonds. The summed E-state index contributed by atoms with van der Waals surface area (Å²) < 4.78 is 0. The van der Waals surface area contributed by atoms with E-state index in [2.05, 4.69) is 5.32 Å². The molecule has 0 aromatic heterocycles. The van der Waals surface area contributed by atoms with Crippen LogP contribution in [0.25, 0.3) is 0 Å². The Balaban J connectivity index is 2.20. The van der Waals surface area contributed by atoms with Crippen molar-refractivity contribution in [2.75, 3.05) is 6.54 Å². The normalized spacial score (nSPS) is 22.2. The number of imide groups is 1. The Bertz CT molecular complexity index is 187. The minimum Gasteiger partial charge on any atom is -0.351 e. The van der Waals surface area contributed by atoms with E-state index in [1.807, 2.05) is 5.32 Å². The molecule has 4 N–H and O–H groups in total. The van der Waals surface area contributed by atoms with E-state index >= 15 is 0 Å². The van der Waals surface area contributed by atoms with Gasteiger partial charge in [0, 0.05) is 12.5 Å². The van der Waals surface area contributed by atoms with Gasteiger partial charge in [-0.2, -0.15) is 0 Å². The van der Waals surface area contributed by atoms with Crippen LogP contribution in [0.3, 0.4) is 0 Å². The molecular formula is C7H13N3O2. The number of nitrogens with two attached hydrogens (primary N) is 1. The monoisotopic (exact) mass is 171 g/mol. The second-order valence-electron chi connectivity index (χ2n) is 2.91. The molecule has 0 bridgehead atoms. The smallest absolute Gasteiger partial charge is 0.318 e. The van der Waals surface area contributed by atoms with Gasteiger partial charge in [0.15, 0.2) is 0 Å². The summed E-state index contributed by atoms with van der Waals surface area (Å²) >= 11 is 0. The van der Waals surface area contributed by atoms with Gasteiger partial charge in [0.25, 0.3) is 0 Å². The van der Waals surface area contributed by atoms with Crippen LogP contribution in [0.2, 0.25) is 0 Å². The van der Waals surface area contributed by atoms with Crippen molar-refractivity contribution in [1.82, 2.24) is 10.6 Å². The van der Waals surface area contributed by atoms with Crippen LogP contribution in [0.4, 0.5) is 4.79 Å². The van der Waals surface area contributed by atoms with Crippen LogP contribution < -0.4 is 16.4 Å². The number of carbonyl (C=O) groups is 2. The van der Waals surface area contributed by atoms with Gasteiger partial charge in [-0.1, -0.05) is 0 Å².